The molecule has 0 amide bonds. The second-order valence-corrected chi connectivity index (χ2v) is 10.5. The zero-order valence-electron chi connectivity index (χ0n) is 21.2. The predicted molar refractivity (Wildman–Crippen MR) is 164 cm³/mol. The molecule has 0 atom stereocenters. The van der Waals surface area contributed by atoms with Gasteiger partial charge in [0.05, 0.1) is 27.6 Å². The van der Waals surface area contributed by atoms with Crippen molar-refractivity contribution in [1.29, 1.82) is 0 Å². The molecule has 5 aromatic carbocycles. The largest absolute Gasteiger partial charge is 0.308 e. The van der Waals surface area contributed by atoms with Gasteiger partial charge in [-0.05, 0) is 47.2 Å². The van der Waals surface area contributed by atoms with Crippen LogP contribution in [0.4, 0.5) is 0 Å². The van der Waals surface area contributed by atoms with Gasteiger partial charge in [0.1, 0.15) is 0 Å². The van der Waals surface area contributed by atoms with Gasteiger partial charge in [-0.15, -0.1) is 0 Å². The van der Waals surface area contributed by atoms with E-state index in [4.69, 9.17) is 9.97 Å². The zero-order chi connectivity index (χ0) is 25.9. The van der Waals surface area contributed by atoms with E-state index in [0.717, 1.165) is 16.4 Å². The molecule has 0 saturated heterocycles. The molecule has 0 aliphatic carbocycles. The number of hydrogen-bond donors (Lipinski definition) is 0. The van der Waals surface area contributed by atoms with E-state index in [-0.39, 0.29) is 0 Å². The number of para-hydroxylation sites is 2. The summed E-state index contributed by atoms with van der Waals surface area (Å²) in [6.45, 7) is 0. The molecule has 0 fully saturated rings. The van der Waals surface area contributed by atoms with Crippen molar-refractivity contribution in [3.8, 4) is 5.95 Å². The lowest BCUT2D eigenvalue weighted by Crippen LogP contribution is -2.01. The fourth-order valence-electron chi connectivity index (χ4n) is 6.95. The van der Waals surface area contributed by atoms with Gasteiger partial charge in [0.2, 0.25) is 5.95 Å². The number of benzene rings is 5. The molecule has 0 spiro atoms. The van der Waals surface area contributed by atoms with Gasteiger partial charge in [0.15, 0.2) is 5.65 Å². The van der Waals surface area contributed by atoms with E-state index in [1.54, 1.807) is 6.20 Å². The molecule has 0 saturated carbocycles. The number of hydrogen-bond acceptors (Lipinski definition) is 3. The molecule has 184 valence electrons. The Kier molecular flexibility index (Phi) is 3.62. The fourth-order valence-corrected chi connectivity index (χ4v) is 6.95. The minimum atomic E-state index is 0.628. The Morgan fingerprint density at radius 3 is 2.15 bits per heavy atom. The van der Waals surface area contributed by atoms with Gasteiger partial charge in [-0.2, -0.15) is 4.98 Å². The quantitative estimate of drug-likeness (QED) is 0.223. The maximum atomic E-state index is 4.98. The Balaban J connectivity index is 1.55. The molecular formula is C35H19N5. The van der Waals surface area contributed by atoms with Gasteiger partial charge < -0.3 is 4.40 Å². The molecule has 0 radical (unpaired) electrons. The first-order chi connectivity index (χ1) is 19.9. The van der Waals surface area contributed by atoms with Crippen LogP contribution in [0.3, 0.4) is 0 Å². The number of fused-ring (bicyclic) bond motifs is 13. The fraction of sp³-hybridized carbons (Fsp3) is 0. The van der Waals surface area contributed by atoms with Crippen LogP contribution in [-0.2, 0) is 0 Å². The smallest absolute Gasteiger partial charge is 0.236 e. The summed E-state index contributed by atoms with van der Waals surface area (Å²) in [4.78, 5) is 14.4. The van der Waals surface area contributed by atoms with Crippen LogP contribution in [0.15, 0.2) is 116 Å². The van der Waals surface area contributed by atoms with Crippen LogP contribution in [0.5, 0.6) is 0 Å². The summed E-state index contributed by atoms with van der Waals surface area (Å²) >= 11 is 0. The highest BCUT2D eigenvalue weighted by atomic mass is 15.2. The van der Waals surface area contributed by atoms with E-state index in [1.165, 1.54) is 59.6 Å². The minimum Gasteiger partial charge on any atom is -0.308 e. The van der Waals surface area contributed by atoms with Crippen molar-refractivity contribution in [1.82, 2.24) is 23.9 Å². The molecule has 40 heavy (non-hydrogen) atoms. The van der Waals surface area contributed by atoms with Gasteiger partial charge in [-0.3, -0.25) is 4.57 Å². The molecule has 10 rings (SSSR count). The summed E-state index contributed by atoms with van der Waals surface area (Å²) in [6, 6.07) is 36.8. The lowest BCUT2D eigenvalue weighted by Gasteiger charge is -2.07. The lowest BCUT2D eigenvalue weighted by atomic mass is 9.99. The Bertz CT molecular complexity index is 2660. The highest BCUT2D eigenvalue weighted by Gasteiger charge is 2.25. The van der Waals surface area contributed by atoms with E-state index in [1.807, 2.05) is 18.3 Å². The molecule has 5 heterocycles. The number of pyridine rings is 1. The maximum absolute atomic E-state index is 4.98. The molecule has 0 unspecified atom stereocenters. The molecule has 0 N–H and O–H groups in total. The molecule has 5 heteroatoms. The standard InChI is InChI=1S/C35H19N5/c1-2-10-22-20(8-1)15-16-28-30(22)32-29(40(28)35-37-19-21-9-7-17-36-34(21)38-35)18-25-23-11-3-5-13-26(23)39-27-14-6-4-12-24(27)31(32)33(25)39/h1-19H. The SMILES string of the molecule is c1cnc2nc(-n3c4ccc5ccccc5c4c4c5c6ccccc6n6c7ccccc7c(cc43)c56)ncc2c1. The van der Waals surface area contributed by atoms with E-state index >= 15 is 0 Å². The van der Waals surface area contributed by atoms with Crippen LogP contribution in [0, 0.1) is 0 Å². The first-order valence-electron chi connectivity index (χ1n) is 13.5. The monoisotopic (exact) mass is 509 g/mol. The summed E-state index contributed by atoms with van der Waals surface area (Å²) in [5.41, 5.74) is 6.60. The summed E-state index contributed by atoms with van der Waals surface area (Å²) in [6.07, 6.45) is 3.66. The van der Waals surface area contributed by atoms with E-state index in [9.17, 15) is 0 Å². The van der Waals surface area contributed by atoms with Gasteiger partial charge in [0.25, 0.3) is 0 Å². The number of nitrogens with zero attached hydrogens (tertiary/aromatic N) is 5. The van der Waals surface area contributed by atoms with Crippen molar-refractivity contribution in [3.63, 3.8) is 0 Å². The summed E-state index contributed by atoms with van der Waals surface area (Å²) in [7, 11) is 0. The molecule has 5 aromatic heterocycles. The topological polar surface area (TPSA) is 48.0 Å². The van der Waals surface area contributed by atoms with Gasteiger partial charge in [0, 0.05) is 50.1 Å². The van der Waals surface area contributed by atoms with Crippen molar-refractivity contribution in [2.45, 2.75) is 0 Å². The van der Waals surface area contributed by atoms with Crippen molar-refractivity contribution in [2.24, 2.45) is 0 Å². The summed E-state index contributed by atoms with van der Waals surface area (Å²) < 4.78 is 4.67. The Morgan fingerprint density at radius 1 is 0.500 bits per heavy atom. The molecule has 10 aromatic rings. The second-order valence-electron chi connectivity index (χ2n) is 10.5. The first-order valence-corrected chi connectivity index (χ1v) is 13.5. The predicted octanol–water partition coefficient (Wildman–Crippen LogP) is 8.43. The Hall–Kier alpha value is -5.55. The molecule has 0 bridgehead atoms. The van der Waals surface area contributed by atoms with Crippen molar-refractivity contribution in [2.75, 3.05) is 0 Å². The van der Waals surface area contributed by atoms with Crippen molar-refractivity contribution >= 4 is 81.7 Å². The van der Waals surface area contributed by atoms with Crippen LogP contribution in [-0.4, -0.2) is 23.9 Å². The number of aromatic nitrogens is 5. The van der Waals surface area contributed by atoms with Gasteiger partial charge in [-0.25, -0.2) is 9.97 Å². The highest BCUT2D eigenvalue weighted by Crippen LogP contribution is 2.47. The third kappa shape index (κ3) is 2.37. The van der Waals surface area contributed by atoms with E-state index in [0.29, 0.717) is 11.6 Å². The Labute approximate surface area is 226 Å². The summed E-state index contributed by atoms with van der Waals surface area (Å²) in [5.74, 6) is 0.628. The van der Waals surface area contributed by atoms with E-state index in [2.05, 4.69) is 105 Å². The average molecular weight is 510 g/mol. The maximum Gasteiger partial charge on any atom is 0.236 e. The van der Waals surface area contributed by atoms with Gasteiger partial charge >= 0.3 is 0 Å². The van der Waals surface area contributed by atoms with E-state index < -0.39 is 0 Å². The third-order valence-corrected chi connectivity index (χ3v) is 8.53. The van der Waals surface area contributed by atoms with Crippen LogP contribution >= 0.6 is 0 Å². The second kappa shape index (κ2) is 7.10. The van der Waals surface area contributed by atoms with Crippen LogP contribution < -0.4 is 0 Å². The highest BCUT2D eigenvalue weighted by molar-refractivity contribution is 6.38. The van der Waals surface area contributed by atoms with Crippen LogP contribution in [0.2, 0.25) is 0 Å². The molecular weight excluding hydrogens is 490 g/mol. The minimum absolute atomic E-state index is 0.628. The molecule has 0 aliphatic rings. The average Bonchev–Trinajstić information content (AvgIpc) is 3.65. The van der Waals surface area contributed by atoms with Crippen LogP contribution in [0.25, 0.3) is 87.7 Å². The normalized spacial score (nSPS) is 12.5. The number of rotatable bonds is 1. The molecule has 5 nitrogen and oxygen atoms in total. The third-order valence-electron chi connectivity index (χ3n) is 8.53. The van der Waals surface area contributed by atoms with Crippen molar-refractivity contribution < 1.29 is 0 Å². The van der Waals surface area contributed by atoms with Gasteiger partial charge in [-0.1, -0.05) is 66.7 Å². The van der Waals surface area contributed by atoms with Crippen molar-refractivity contribution in [3.05, 3.63) is 116 Å². The molecule has 0 aliphatic heterocycles. The van der Waals surface area contributed by atoms with Crippen LogP contribution in [0.1, 0.15) is 0 Å². The summed E-state index contributed by atoms with van der Waals surface area (Å²) in [5, 5.41) is 10.8. The lowest BCUT2D eigenvalue weighted by molar-refractivity contribution is 1.00. The first kappa shape index (κ1) is 20.4. The Morgan fingerprint density at radius 2 is 1.25 bits per heavy atom. The zero-order valence-corrected chi connectivity index (χ0v) is 21.2.